The largest absolute Gasteiger partial charge is 0.423 e. The summed E-state index contributed by atoms with van der Waals surface area (Å²) < 4.78 is 17.2. The number of esters is 3. The number of hydrogen-bond acceptors (Lipinski definition) is 6. The minimum absolute atomic E-state index is 0.296. The highest BCUT2D eigenvalue weighted by molar-refractivity contribution is 6.08. The number of rotatable bonds is 6. The molecule has 0 bridgehead atoms. The van der Waals surface area contributed by atoms with Gasteiger partial charge in [0.1, 0.15) is 17.2 Å². The first-order valence-electron chi connectivity index (χ1n) is 12.9. The first-order chi connectivity index (χ1) is 20.0. The molecule has 0 unspecified atom stereocenters. The van der Waals surface area contributed by atoms with E-state index in [1.54, 1.807) is 109 Å². The summed E-state index contributed by atoms with van der Waals surface area (Å²) in [7, 11) is 0. The first kappa shape index (κ1) is 25.5. The van der Waals surface area contributed by atoms with Crippen molar-refractivity contribution in [3.8, 4) is 17.2 Å². The molecule has 0 radical (unpaired) electrons. The van der Waals surface area contributed by atoms with Crippen LogP contribution in [0.3, 0.4) is 0 Å². The molecule has 0 amide bonds. The van der Waals surface area contributed by atoms with Gasteiger partial charge in [0.05, 0.1) is 16.7 Å². The lowest BCUT2D eigenvalue weighted by Gasteiger charge is -2.14. The van der Waals surface area contributed by atoms with E-state index in [-0.39, 0.29) is 0 Å². The lowest BCUT2D eigenvalue weighted by atomic mass is 10.0. The maximum atomic E-state index is 13.1. The van der Waals surface area contributed by atoms with Crippen molar-refractivity contribution in [2.75, 3.05) is 0 Å². The van der Waals surface area contributed by atoms with Crippen LogP contribution in [0.4, 0.5) is 0 Å². The minimum atomic E-state index is -0.536. The van der Waals surface area contributed by atoms with Gasteiger partial charge < -0.3 is 14.2 Å². The van der Waals surface area contributed by atoms with Crippen LogP contribution in [0.2, 0.25) is 0 Å². The monoisotopic (exact) mass is 538 g/mol. The Morgan fingerprint density at radius 3 is 1.39 bits per heavy atom. The lowest BCUT2D eigenvalue weighted by molar-refractivity contribution is 0.0724. The van der Waals surface area contributed by atoms with Gasteiger partial charge in [-0.1, -0.05) is 60.7 Å². The summed E-state index contributed by atoms with van der Waals surface area (Å²) in [4.78, 5) is 38.5. The fourth-order valence-corrected chi connectivity index (χ4v) is 4.48. The predicted octanol–water partition coefficient (Wildman–Crippen LogP) is 7.65. The normalized spacial score (nSPS) is 10.7. The molecule has 0 fully saturated rings. The molecular weight excluding hydrogens is 516 g/mol. The second-order valence-electron chi connectivity index (χ2n) is 9.24. The first-order valence-corrected chi connectivity index (χ1v) is 12.9. The number of hydrogen-bond donors (Lipinski definition) is 0. The summed E-state index contributed by atoms with van der Waals surface area (Å²) in [6.07, 6.45) is 0. The second kappa shape index (κ2) is 11.2. The Labute approximate surface area is 235 Å². The third-order valence-electron chi connectivity index (χ3n) is 6.49. The van der Waals surface area contributed by atoms with Crippen molar-refractivity contribution in [3.05, 3.63) is 150 Å². The van der Waals surface area contributed by atoms with Crippen molar-refractivity contribution >= 4 is 39.5 Å². The summed E-state index contributed by atoms with van der Waals surface area (Å²) >= 11 is 0. The standard InChI is InChI=1S/C35H22O6/c36-33(23-10-4-1-5-11-23)39-28-18-19-30-27(21-28)20-26-16-17-29(40-34(37)24-12-6-2-7-13-24)22-31(26)32(30)41-35(38)25-14-8-3-9-15-25/h1-22H. The zero-order valence-corrected chi connectivity index (χ0v) is 21.7. The van der Waals surface area contributed by atoms with E-state index in [2.05, 4.69) is 0 Å². The van der Waals surface area contributed by atoms with Gasteiger partial charge >= 0.3 is 17.9 Å². The number of fused-ring (bicyclic) bond motifs is 2. The molecule has 0 heterocycles. The van der Waals surface area contributed by atoms with E-state index < -0.39 is 17.9 Å². The number of ether oxygens (including phenoxy) is 3. The van der Waals surface area contributed by atoms with Gasteiger partial charge in [0.25, 0.3) is 0 Å². The number of carbonyl (C=O) groups excluding carboxylic acids is 3. The van der Waals surface area contributed by atoms with E-state index in [0.29, 0.717) is 50.1 Å². The molecule has 0 aliphatic rings. The van der Waals surface area contributed by atoms with Crippen molar-refractivity contribution < 1.29 is 28.6 Å². The Kier molecular flexibility index (Phi) is 6.95. The summed E-state index contributed by atoms with van der Waals surface area (Å²) in [6, 6.07) is 38.2. The van der Waals surface area contributed by atoms with Crippen LogP contribution in [0.15, 0.2) is 133 Å². The molecule has 198 valence electrons. The summed E-state index contributed by atoms with van der Waals surface area (Å²) in [5.74, 6) is -0.573. The van der Waals surface area contributed by atoms with E-state index in [1.807, 2.05) is 24.3 Å². The van der Waals surface area contributed by atoms with Crippen molar-refractivity contribution in [2.24, 2.45) is 0 Å². The van der Waals surface area contributed by atoms with E-state index in [1.165, 1.54) is 0 Å². The van der Waals surface area contributed by atoms with Crippen LogP contribution in [0.25, 0.3) is 21.5 Å². The molecular formula is C35H22O6. The molecule has 0 saturated heterocycles. The Balaban J connectivity index is 1.41. The highest BCUT2D eigenvalue weighted by Crippen LogP contribution is 2.39. The van der Waals surface area contributed by atoms with Crippen molar-refractivity contribution in [3.63, 3.8) is 0 Å². The average molecular weight is 539 g/mol. The molecule has 6 rings (SSSR count). The molecule has 0 spiro atoms. The van der Waals surface area contributed by atoms with Gasteiger partial charge in [0.2, 0.25) is 0 Å². The van der Waals surface area contributed by atoms with Crippen molar-refractivity contribution in [1.82, 2.24) is 0 Å². The van der Waals surface area contributed by atoms with Gasteiger partial charge in [0, 0.05) is 10.8 Å². The smallest absolute Gasteiger partial charge is 0.343 e. The SMILES string of the molecule is O=C(Oc1ccc2c(OC(=O)c3ccccc3)c3cc(OC(=O)c4ccccc4)ccc3cc2c1)c1ccccc1. The van der Waals surface area contributed by atoms with E-state index in [4.69, 9.17) is 14.2 Å². The quantitative estimate of drug-likeness (QED) is 0.123. The molecule has 0 atom stereocenters. The summed E-state index contributed by atoms with van der Waals surface area (Å²) in [5.41, 5.74) is 1.23. The van der Waals surface area contributed by atoms with Crippen LogP contribution < -0.4 is 14.2 Å². The third-order valence-corrected chi connectivity index (χ3v) is 6.49. The van der Waals surface area contributed by atoms with Crippen molar-refractivity contribution in [2.45, 2.75) is 0 Å². The highest BCUT2D eigenvalue weighted by Gasteiger charge is 2.18. The third kappa shape index (κ3) is 5.53. The van der Waals surface area contributed by atoms with Crippen LogP contribution in [-0.2, 0) is 0 Å². The van der Waals surface area contributed by atoms with Gasteiger partial charge in [0.15, 0.2) is 0 Å². The van der Waals surface area contributed by atoms with Crippen LogP contribution in [-0.4, -0.2) is 17.9 Å². The molecule has 6 aromatic carbocycles. The molecule has 6 nitrogen and oxygen atoms in total. The van der Waals surface area contributed by atoms with Crippen LogP contribution in [0, 0.1) is 0 Å². The predicted molar refractivity (Wildman–Crippen MR) is 156 cm³/mol. The molecule has 0 aliphatic heterocycles. The van der Waals surface area contributed by atoms with E-state index in [0.717, 1.165) is 5.39 Å². The van der Waals surface area contributed by atoms with Crippen LogP contribution >= 0.6 is 0 Å². The minimum Gasteiger partial charge on any atom is -0.423 e. The van der Waals surface area contributed by atoms with Gasteiger partial charge in [-0.3, -0.25) is 0 Å². The molecule has 6 aromatic rings. The lowest BCUT2D eigenvalue weighted by Crippen LogP contribution is -2.10. The molecule has 0 aromatic heterocycles. The summed E-state index contributed by atoms with van der Waals surface area (Å²) in [5, 5.41) is 2.63. The van der Waals surface area contributed by atoms with Crippen molar-refractivity contribution in [1.29, 1.82) is 0 Å². The molecule has 0 N–H and O–H groups in total. The van der Waals surface area contributed by atoms with Crippen LogP contribution in [0.5, 0.6) is 17.2 Å². The topological polar surface area (TPSA) is 78.9 Å². The van der Waals surface area contributed by atoms with E-state index >= 15 is 0 Å². The van der Waals surface area contributed by atoms with Gasteiger partial charge in [-0.25, -0.2) is 14.4 Å². The Morgan fingerprint density at radius 1 is 0.390 bits per heavy atom. The Bertz CT molecular complexity index is 1900. The zero-order chi connectivity index (χ0) is 28.2. The molecule has 0 saturated carbocycles. The average Bonchev–Trinajstić information content (AvgIpc) is 3.02. The fourth-order valence-electron chi connectivity index (χ4n) is 4.48. The molecule has 41 heavy (non-hydrogen) atoms. The molecule has 6 heteroatoms. The Morgan fingerprint density at radius 2 is 0.854 bits per heavy atom. The fraction of sp³-hybridized carbons (Fsp3) is 0. The number of carbonyl (C=O) groups is 3. The second-order valence-corrected chi connectivity index (χ2v) is 9.24. The van der Waals surface area contributed by atoms with Gasteiger partial charge in [-0.15, -0.1) is 0 Å². The van der Waals surface area contributed by atoms with Gasteiger partial charge in [-0.05, 0) is 83.6 Å². The molecule has 0 aliphatic carbocycles. The highest BCUT2D eigenvalue weighted by atomic mass is 16.5. The van der Waals surface area contributed by atoms with Crippen LogP contribution in [0.1, 0.15) is 31.1 Å². The maximum Gasteiger partial charge on any atom is 0.343 e. The maximum absolute atomic E-state index is 13.1. The zero-order valence-electron chi connectivity index (χ0n) is 21.7. The number of benzene rings is 6. The van der Waals surface area contributed by atoms with Gasteiger partial charge in [-0.2, -0.15) is 0 Å². The summed E-state index contributed by atoms with van der Waals surface area (Å²) in [6.45, 7) is 0. The van der Waals surface area contributed by atoms with E-state index in [9.17, 15) is 14.4 Å². The Hall–Kier alpha value is -5.75.